The van der Waals surface area contributed by atoms with E-state index in [1.165, 1.54) is 6.20 Å². The van der Waals surface area contributed by atoms with Gasteiger partial charge in [-0.05, 0) is 39.5 Å². The van der Waals surface area contributed by atoms with E-state index in [0.717, 1.165) is 25.7 Å². The highest BCUT2D eigenvalue weighted by atomic mass is 19.4. The summed E-state index contributed by atoms with van der Waals surface area (Å²) in [5.74, 6) is 0.146. The molecule has 3 N–H and O–H groups in total. The molecule has 0 saturated heterocycles. The largest absolute Gasteiger partial charge is 0.419 e. The number of pyridine rings is 1. The smallest absolute Gasteiger partial charge is 0.383 e. The average Bonchev–Trinajstić information content (AvgIpc) is 2.55. The van der Waals surface area contributed by atoms with E-state index >= 15 is 0 Å². The van der Waals surface area contributed by atoms with Crippen molar-refractivity contribution in [3.8, 4) is 0 Å². The maximum absolute atomic E-state index is 13.2. The Bertz CT molecular complexity index is 773. The molecule has 0 atom stereocenters. The van der Waals surface area contributed by atoms with Crippen LogP contribution in [0.5, 0.6) is 0 Å². The van der Waals surface area contributed by atoms with Crippen LogP contribution >= 0.6 is 0 Å². The number of ether oxygens (including phenoxy) is 1. The predicted octanol–water partition coefficient (Wildman–Crippen LogP) is 3.77. The van der Waals surface area contributed by atoms with Crippen molar-refractivity contribution in [1.82, 2.24) is 15.0 Å². The van der Waals surface area contributed by atoms with Crippen LogP contribution in [-0.2, 0) is 10.9 Å². The van der Waals surface area contributed by atoms with Crippen LogP contribution in [0.2, 0.25) is 0 Å². The summed E-state index contributed by atoms with van der Waals surface area (Å²) in [5.41, 5.74) is 4.51. The summed E-state index contributed by atoms with van der Waals surface area (Å²) in [6.07, 6.45) is 1.35. The Hall–Kier alpha value is -2.16. The number of nitrogens with two attached hydrogens (primary N) is 1. The van der Waals surface area contributed by atoms with Gasteiger partial charge in [-0.2, -0.15) is 13.2 Å². The van der Waals surface area contributed by atoms with Crippen LogP contribution in [0.15, 0.2) is 12.4 Å². The van der Waals surface area contributed by atoms with Crippen molar-refractivity contribution < 1.29 is 17.9 Å². The molecule has 1 fully saturated rings. The molecular formula is C17H22F3N5O. The number of rotatable bonds is 4. The Morgan fingerprint density at radius 1 is 1.15 bits per heavy atom. The maximum Gasteiger partial charge on any atom is 0.419 e. The Labute approximate surface area is 149 Å². The number of hydrogen-bond donors (Lipinski definition) is 2. The van der Waals surface area contributed by atoms with E-state index in [-0.39, 0.29) is 40.9 Å². The summed E-state index contributed by atoms with van der Waals surface area (Å²) in [6.45, 7) is 4.01. The zero-order valence-corrected chi connectivity index (χ0v) is 14.7. The van der Waals surface area contributed by atoms with Gasteiger partial charge in [-0.3, -0.25) is 0 Å². The van der Waals surface area contributed by atoms with Crippen LogP contribution in [0.25, 0.3) is 10.9 Å². The second kappa shape index (κ2) is 7.22. The minimum absolute atomic E-state index is 0.0223. The first-order valence-corrected chi connectivity index (χ1v) is 8.64. The third-order valence-electron chi connectivity index (χ3n) is 4.43. The van der Waals surface area contributed by atoms with Gasteiger partial charge < -0.3 is 15.8 Å². The zero-order valence-electron chi connectivity index (χ0n) is 14.7. The lowest BCUT2D eigenvalue weighted by atomic mass is 9.93. The monoisotopic (exact) mass is 369 g/mol. The van der Waals surface area contributed by atoms with E-state index in [0.29, 0.717) is 6.20 Å². The molecule has 26 heavy (non-hydrogen) atoms. The molecule has 0 unspecified atom stereocenters. The number of anilines is 2. The Morgan fingerprint density at radius 3 is 2.46 bits per heavy atom. The molecule has 2 aromatic rings. The van der Waals surface area contributed by atoms with E-state index in [2.05, 4.69) is 20.3 Å². The molecule has 0 bridgehead atoms. The van der Waals surface area contributed by atoms with Gasteiger partial charge in [0, 0.05) is 18.4 Å². The molecule has 0 amide bonds. The molecule has 1 aliphatic carbocycles. The summed E-state index contributed by atoms with van der Waals surface area (Å²) in [5, 5.41) is 3.24. The van der Waals surface area contributed by atoms with Crippen molar-refractivity contribution in [3.05, 3.63) is 18.0 Å². The second-order valence-corrected chi connectivity index (χ2v) is 6.81. The normalized spacial score (nSPS) is 21.3. The first-order chi connectivity index (χ1) is 12.2. The average molecular weight is 369 g/mol. The maximum atomic E-state index is 13.2. The highest BCUT2D eigenvalue weighted by Gasteiger charge is 2.34. The van der Waals surface area contributed by atoms with Gasteiger partial charge in [0.15, 0.2) is 0 Å². The molecule has 0 radical (unpaired) electrons. The molecule has 2 heterocycles. The minimum atomic E-state index is -4.56. The number of nitrogens with one attached hydrogen (secondary N) is 1. The van der Waals surface area contributed by atoms with E-state index in [1.54, 1.807) is 0 Å². The molecule has 142 valence electrons. The van der Waals surface area contributed by atoms with Crippen molar-refractivity contribution in [2.75, 3.05) is 11.1 Å². The van der Waals surface area contributed by atoms with Crippen LogP contribution in [0, 0.1) is 0 Å². The first-order valence-electron chi connectivity index (χ1n) is 8.64. The Morgan fingerprint density at radius 2 is 1.85 bits per heavy atom. The van der Waals surface area contributed by atoms with E-state index in [4.69, 9.17) is 10.5 Å². The number of nitrogens with zero attached hydrogens (tertiary/aromatic N) is 3. The van der Waals surface area contributed by atoms with E-state index < -0.39 is 11.7 Å². The summed E-state index contributed by atoms with van der Waals surface area (Å²) in [7, 11) is 0. The highest BCUT2D eigenvalue weighted by molar-refractivity contribution is 5.90. The second-order valence-electron chi connectivity index (χ2n) is 6.81. The summed E-state index contributed by atoms with van der Waals surface area (Å²) in [4.78, 5) is 11.8. The van der Waals surface area contributed by atoms with Gasteiger partial charge >= 0.3 is 6.18 Å². The van der Waals surface area contributed by atoms with Gasteiger partial charge in [-0.25, -0.2) is 15.0 Å². The molecule has 6 nitrogen and oxygen atoms in total. The van der Waals surface area contributed by atoms with Crippen molar-refractivity contribution in [2.45, 2.75) is 64.0 Å². The van der Waals surface area contributed by atoms with Crippen molar-refractivity contribution in [1.29, 1.82) is 0 Å². The van der Waals surface area contributed by atoms with Crippen molar-refractivity contribution >= 4 is 22.7 Å². The molecule has 9 heteroatoms. The van der Waals surface area contributed by atoms with Gasteiger partial charge in [-0.15, -0.1) is 0 Å². The quantitative estimate of drug-likeness (QED) is 0.853. The molecule has 0 aromatic carbocycles. The zero-order chi connectivity index (χ0) is 18.9. The van der Waals surface area contributed by atoms with Crippen molar-refractivity contribution in [3.63, 3.8) is 0 Å². The van der Waals surface area contributed by atoms with Gasteiger partial charge in [0.05, 0.1) is 23.1 Å². The third-order valence-corrected chi connectivity index (χ3v) is 4.43. The lowest BCUT2D eigenvalue weighted by Crippen LogP contribution is -2.31. The van der Waals surface area contributed by atoms with Gasteiger partial charge in [0.2, 0.25) is 5.95 Å². The molecule has 3 rings (SSSR count). The Balaban J connectivity index is 1.77. The standard InChI is InChI=1S/C17H22F3N5O/c1-9(2)26-11-5-3-10(4-6-11)24-16-23-7-12-14(25-16)13(17(18,19)20)8-22-15(12)21/h7-11H,3-6H2,1-2H3,(H2,21,22)(H,23,24,25)/t10-,11-. The number of fused-ring (bicyclic) bond motifs is 1. The Kier molecular flexibility index (Phi) is 5.17. The van der Waals surface area contributed by atoms with Gasteiger partial charge in [0.1, 0.15) is 11.4 Å². The molecule has 1 aliphatic rings. The SMILES string of the molecule is CC(C)O[C@H]1CC[C@H](Nc2ncc3c(N)ncc(C(F)(F)F)c3n2)CC1. The number of nitrogen functional groups attached to an aromatic ring is 1. The minimum Gasteiger partial charge on any atom is -0.383 e. The fourth-order valence-corrected chi connectivity index (χ4v) is 3.23. The summed E-state index contributed by atoms with van der Waals surface area (Å²) >= 11 is 0. The lowest BCUT2D eigenvalue weighted by molar-refractivity contribution is -0.136. The molecule has 2 aromatic heterocycles. The molecule has 0 spiro atoms. The van der Waals surface area contributed by atoms with E-state index in [1.807, 2.05) is 13.8 Å². The number of alkyl halides is 3. The van der Waals surface area contributed by atoms with Gasteiger partial charge in [-0.1, -0.05) is 0 Å². The molecule has 1 saturated carbocycles. The van der Waals surface area contributed by atoms with Crippen molar-refractivity contribution in [2.24, 2.45) is 0 Å². The predicted molar refractivity (Wildman–Crippen MR) is 92.6 cm³/mol. The summed E-state index contributed by atoms with van der Waals surface area (Å²) < 4.78 is 45.4. The summed E-state index contributed by atoms with van der Waals surface area (Å²) in [6, 6.07) is 0.105. The number of aromatic nitrogens is 3. The highest BCUT2D eigenvalue weighted by Crippen LogP contribution is 2.35. The van der Waals surface area contributed by atoms with Crippen LogP contribution in [0.4, 0.5) is 24.9 Å². The van der Waals surface area contributed by atoms with Crippen LogP contribution < -0.4 is 11.1 Å². The first kappa shape index (κ1) is 18.6. The topological polar surface area (TPSA) is 86.0 Å². The third kappa shape index (κ3) is 4.14. The molecule has 0 aliphatic heterocycles. The number of hydrogen-bond acceptors (Lipinski definition) is 6. The van der Waals surface area contributed by atoms with Gasteiger partial charge in [0.25, 0.3) is 0 Å². The van der Waals surface area contributed by atoms with Crippen LogP contribution in [-0.4, -0.2) is 33.2 Å². The lowest BCUT2D eigenvalue weighted by Gasteiger charge is -2.30. The van der Waals surface area contributed by atoms with E-state index in [9.17, 15) is 13.2 Å². The number of halogens is 3. The van der Waals surface area contributed by atoms with Crippen LogP contribution in [0.1, 0.15) is 45.1 Å². The fourth-order valence-electron chi connectivity index (χ4n) is 3.23. The van der Waals surface area contributed by atoms with Crippen LogP contribution in [0.3, 0.4) is 0 Å². The fraction of sp³-hybridized carbons (Fsp3) is 0.588. The molecular weight excluding hydrogens is 347 g/mol.